The largest absolute Gasteiger partial charge is 0.352 e. The van der Waals surface area contributed by atoms with Gasteiger partial charge in [0.25, 0.3) is 0 Å². The smallest absolute Gasteiger partial charge is 0.220 e. The van der Waals surface area contributed by atoms with E-state index < -0.39 is 0 Å². The molecule has 0 saturated carbocycles. The molecule has 0 aromatic heterocycles. The minimum absolute atomic E-state index is 0.179. The summed E-state index contributed by atoms with van der Waals surface area (Å²) in [5.41, 5.74) is 4.01. The maximum atomic E-state index is 11.8. The van der Waals surface area contributed by atoms with E-state index in [1.807, 2.05) is 0 Å². The number of aryl methyl sites for hydroxylation is 2. The number of rotatable bonds is 7. The number of unbranched alkanes of at least 4 members (excludes halogenated alkanes) is 1. The minimum Gasteiger partial charge on any atom is -0.352 e. The highest BCUT2D eigenvalue weighted by Gasteiger charge is 2.05. The van der Waals surface area contributed by atoms with Crippen molar-refractivity contribution in [3.8, 4) is 0 Å². The number of benzene rings is 1. The maximum absolute atomic E-state index is 11.8. The van der Waals surface area contributed by atoms with Gasteiger partial charge in [-0.1, -0.05) is 41.5 Å². The fourth-order valence-corrected chi connectivity index (χ4v) is 2.50. The summed E-state index contributed by atoms with van der Waals surface area (Å²) in [5, 5.41) is 6.30. The molecule has 1 aromatic carbocycles. The second kappa shape index (κ2) is 8.63. The number of nitrogens with one attached hydrogen (secondary N) is 2. The first-order chi connectivity index (χ1) is 10.2. The van der Waals surface area contributed by atoms with Crippen molar-refractivity contribution in [3.05, 3.63) is 47.0 Å². The highest BCUT2D eigenvalue weighted by atomic mass is 16.1. The van der Waals surface area contributed by atoms with E-state index in [-0.39, 0.29) is 5.91 Å². The lowest BCUT2D eigenvalue weighted by Gasteiger charge is -2.14. The topological polar surface area (TPSA) is 41.1 Å². The quantitative estimate of drug-likeness (QED) is 0.598. The lowest BCUT2D eigenvalue weighted by atomic mass is 10.1. The van der Waals surface area contributed by atoms with E-state index in [4.69, 9.17) is 0 Å². The summed E-state index contributed by atoms with van der Waals surface area (Å²) in [7, 11) is 0. The Hall–Kier alpha value is -1.61. The van der Waals surface area contributed by atoms with Crippen LogP contribution in [0.5, 0.6) is 0 Å². The summed E-state index contributed by atoms with van der Waals surface area (Å²) in [6.07, 6.45) is 6.96. The minimum atomic E-state index is 0.179. The summed E-state index contributed by atoms with van der Waals surface area (Å²) in [6, 6.07) is 8.65. The third-order valence-corrected chi connectivity index (χ3v) is 3.91. The van der Waals surface area contributed by atoms with Crippen molar-refractivity contribution in [2.24, 2.45) is 0 Å². The highest BCUT2D eigenvalue weighted by Crippen LogP contribution is 2.08. The van der Waals surface area contributed by atoms with Crippen LogP contribution in [0.1, 0.15) is 36.8 Å². The van der Waals surface area contributed by atoms with Crippen molar-refractivity contribution < 1.29 is 4.79 Å². The SMILES string of the molecule is Cc1ccc(CCCCC(=O)NCC2=CCNCC2)cc1. The number of carbonyl (C=O) groups is 1. The average Bonchev–Trinajstić information content (AvgIpc) is 2.52. The second-order valence-corrected chi connectivity index (χ2v) is 5.79. The molecule has 0 bridgehead atoms. The molecule has 1 amide bonds. The molecule has 0 radical (unpaired) electrons. The molecule has 1 aliphatic rings. The van der Waals surface area contributed by atoms with Crippen molar-refractivity contribution >= 4 is 5.91 Å². The Labute approximate surface area is 127 Å². The maximum Gasteiger partial charge on any atom is 0.220 e. The molecular weight excluding hydrogens is 260 g/mol. The van der Waals surface area contributed by atoms with Crippen LogP contribution in [0.4, 0.5) is 0 Å². The van der Waals surface area contributed by atoms with E-state index in [9.17, 15) is 4.79 Å². The second-order valence-electron chi connectivity index (χ2n) is 5.79. The first kappa shape index (κ1) is 15.8. The summed E-state index contributed by atoms with van der Waals surface area (Å²) >= 11 is 0. The third kappa shape index (κ3) is 6.13. The predicted molar refractivity (Wildman–Crippen MR) is 87.3 cm³/mol. The van der Waals surface area contributed by atoms with Crippen LogP contribution in [-0.4, -0.2) is 25.5 Å². The van der Waals surface area contributed by atoms with Crippen LogP contribution in [0.25, 0.3) is 0 Å². The summed E-state index contributed by atoms with van der Waals surface area (Å²) in [6.45, 7) is 4.78. The first-order valence-electron chi connectivity index (χ1n) is 7.95. The van der Waals surface area contributed by atoms with Gasteiger partial charge in [-0.05, 0) is 44.7 Å². The monoisotopic (exact) mass is 286 g/mol. The van der Waals surface area contributed by atoms with Crippen LogP contribution in [0.15, 0.2) is 35.9 Å². The highest BCUT2D eigenvalue weighted by molar-refractivity contribution is 5.76. The number of carbonyl (C=O) groups excluding carboxylic acids is 1. The zero-order valence-corrected chi connectivity index (χ0v) is 13.0. The fraction of sp³-hybridized carbons (Fsp3) is 0.500. The molecule has 3 heteroatoms. The van der Waals surface area contributed by atoms with Crippen molar-refractivity contribution in [3.63, 3.8) is 0 Å². The van der Waals surface area contributed by atoms with E-state index in [0.29, 0.717) is 6.42 Å². The molecule has 0 atom stereocenters. The molecule has 3 nitrogen and oxygen atoms in total. The van der Waals surface area contributed by atoms with Crippen LogP contribution in [0.3, 0.4) is 0 Å². The molecule has 0 fully saturated rings. The lowest BCUT2D eigenvalue weighted by molar-refractivity contribution is -0.121. The molecule has 2 N–H and O–H groups in total. The Kier molecular flexibility index (Phi) is 6.48. The molecule has 0 saturated heterocycles. The van der Waals surface area contributed by atoms with Crippen LogP contribution in [0, 0.1) is 6.92 Å². The Morgan fingerprint density at radius 2 is 2.05 bits per heavy atom. The van der Waals surface area contributed by atoms with Crippen LogP contribution >= 0.6 is 0 Å². The van der Waals surface area contributed by atoms with Crippen LogP contribution < -0.4 is 10.6 Å². The standard InChI is InChI=1S/C18H26N2O/c1-15-6-8-16(9-7-15)4-2-3-5-18(21)20-14-17-10-12-19-13-11-17/h6-10,19H,2-5,11-14H2,1H3,(H,20,21). The van der Waals surface area contributed by atoms with Crippen molar-refractivity contribution in [1.82, 2.24) is 10.6 Å². The van der Waals surface area contributed by atoms with Gasteiger partial charge in [-0.2, -0.15) is 0 Å². The van der Waals surface area contributed by atoms with Gasteiger partial charge < -0.3 is 10.6 Å². The molecule has 1 aromatic rings. The van der Waals surface area contributed by atoms with Gasteiger partial charge in [-0.15, -0.1) is 0 Å². The van der Waals surface area contributed by atoms with Gasteiger partial charge >= 0.3 is 0 Å². The Morgan fingerprint density at radius 3 is 2.76 bits per heavy atom. The summed E-state index contributed by atoms with van der Waals surface area (Å²) < 4.78 is 0. The molecular formula is C18H26N2O. The number of hydrogen-bond acceptors (Lipinski definition) is 2. The molecule has 0 aliphatic carbocycles. The zero-order chi connectivity index (χ0) is 14.9. The molecule has 0 unspecified atom stereocenters. The summed E-state index contributed by atoms with van der Waals surface area (Å²) in [4.78, 5) is 11.8. The van der Waals surface area contributed by atoms with E-state index in [2.05, 4.69) is 47.9 Å². The molecule has 1 aliphatic heterocycles. The molecule has 114 valence electrons. The molecule has 1 heterocycles. The van der Waals surface area contributed by atoms with Gasteiger partial charge in [0.2, 0.25) is 5.91 Å². The van der Waals surface area contributed by atoms with Gasteiger partial charge in [0.1, 0.15) is 0 Å². The van der Waals surface area contributed by atoms with E-state index in [1.165, 1.54) is 16.7 Å². The Bertz CT molecular complexity index is 476. The Morgan fingerprint density at radius 1 is 1.24 bits per heavy atom. The van der Waals surface area contributed by atoms with E-state index >= 15 is 0 Å². The predicted octanol–water partition coefficient (Wildman–Crippen LogP) is 2.74. The van der Waals surface area contributed by atoms with Gasteiger partial charge in [0, 0.05) is 19.5 Å². The molecule has 0 spiro atoms. The van der Waals surface area contributed by atoms with Gasteiger partial charge in [-0.3, -0.25) is 4.79 Å². The van der Waals surface area contributed by atoms with Crippen LogP contribution in [-0.2, 0) is 11.2 Å². The zero-order valence-electron chi connectivity index (χ0n) is 13.0. The Balaban J connectivity index is 1.56. The van der Waals surface area contributed by atoms with Gasteiger partial charge in [-0.25, -0.2) is 0 Å². The number of amides is 1. The van der Waals surface area contributed by atoms with E-state index in [1.54, 1.807) is 0 Å². The number of hydrogen-bond donors (Lipinski definition) is 2. The first-order valence-corrected chi connectivity index (χ1v) is 7.95. The van der Waals surface area contributed by atoms with Gasteiger partial charge in [0.05, 0.1) is 0 Å². The normalized spacial score (nSPS) is 14.6. The van der Waals surface area contributed by atoms with E-state index in [0.717, 1.165) is 45.3 Å². The van der Waals surface area contributed by atoms with Crippen molar-refractivity contribution in [2.75, 3.05) is 19.6 Å². The fourth-order valence-electron chi connectivity index (χ4n) is 2.50. The lowest BCUT2D eigenvalue weighted by Crippen LogP contribution is -2.29. The van der Waals surface area contributed by atoms with Crippen LogP contribution in [0.2, 0.25) is 0 Å². The third-order valence-electron chi connectivity index (χ3n) is 3.91. The van der Waals surface area contributed by atoms with Crippen molar-refractivity contribution in [2.45, 2.75) is 39.0 Å². The summed E-state index contributed by atoms with van der Waals surface area (Å²) in [5.74, 6) is 0.179. The van der Waals surface area contributed by atoms with Gasteiger partial charge in [0.15, 0.2) is 0 Å². The average molecular weight is 286 g/mol. The molecule has 21 heavy (non-hydrogen) atoms. The van der Waals surface area contributed by atoms with Crippen molar-refractivity contribution in [1.29, 1.82) is 0 Å². The molecule has 2 rings (SSSR count).